The van der Waals surface area contributed by atoms with Gasteiger partial charge in [-0.25, -0.2) is 15.0 Å². The van der Waals surface area contributed by atoms with Crippen molar-refractivity contribution in [2.24, 2.45) is 0 Å². The second-order valence-corrected chi connectivity index (χ2v) is 13.7. The summed E-state index contributed by atoms with van der Waals surface area (Å²) in [5.41, 5.74) is 9.95. The molecule has 5 heteroatoms. The molecule has 0 saturated carbocycles. The lowest BCUT2D eigenvalue weighted by atomic mass is 9.66. The smallest absolute Gasteiger partial charge is 0.164 e. The topological polar surface area (TPSA) is 62.5 Å². The van der Waals surface area contributed by atoms with Gasteiger partial charge in [0.15, 0.2) is 17.5 Å². The van der Waals surface area contributed by atoms with Gasteiger partial charge in [-0.05, 0) is 62.4 Å². The molecule has 1 unspecified atom stereocenters. The molecule has 8 aromatic rings. The van der Waals surface area contributed by atoms with E-state index in [1.54, 1.807) is 11.8 Å². The second-order valence-electron chi connectivity index (χ2n) is 12.6. The third-order valence-corrected chi connectivity index (χ3v) is 11.3. The molecule has 0 fully saturated rings. The lowest BCUT2D eigenvalue weighted by molar-refractivity contribution is 0.722. The Hall–Kier alpha value is -6.35. The summed E-state index contributed by atoms with van der Waals surface area (Å²) in [7, 11) is 0. The second kappa shape index (κ2) is 11.1. The molecule has 4 nitrogen and oxygen atoms in total. The van der Waals surface area contributed by atoms with Crippen LogP contribution in [0.3, 0.4) is 0 Å². The maximum atomic E-state index is 10.4. The maximum absolute atomic E-state index is 10.4. The van der Waals surface area contributed by atoms with Crippen LogP contribution in [0.15, 0.2) is 168 Å². The maximum Gasteiger partial charge on any atom is 0.164 e. The Morgan fingerprint density at radius 3 is 1.78 bits per heavy atom. The van der Waals surface area contributed by atoms with Crippen LogP contribution in [-0.4, -0.2) is 15.0 Å². The van der Waals surface area contributed by atoms with Gasteiger partial charge in [0.1, 0.15) is 6.07 Å². The summed E-state index contributed by atoms with van der Waals surface area (Å²) >= 11 is 1.69. The fourth-order valence-corrected chi connectivity index (χ4v) is 9.23. The van der Waals surface area contributed by atoms with Crippen molar-refractivity contribution in [1.29, 1.82) is 5.26 Å². The highest BCUT2D eigenvalue weighted by atomic mass is 32.2. The van der Waals surface area contributed by atoms with Crippen molar-refractivity contribution in [1.82, 2.24) is 15.0 Å². The molecule has 1 aromatic heterocycles. The van der Waals surface area contributed by atoms with Crippen LogP contribution >= 0.6 is 11.8 Å². The van der Waals surface area contributed by atoms with Crippen LogP contribution in [0.25, 0.3) is 56.1 Å². The summed E-state index contributed by atoms with van der Waals surface area (Å²) in [5, 5.41) is 12.6. The largest absolute Gasteiger partial charge is 0.208 e. The highest BCUT2D eigenvalue weighted by Gasteiger charge is 2.51. The minimum absolute atomic E-state index is 0.618. The van der Waals surface area contributed by atoms with Crippen molar-refractivity contribution in [2.45, 2.75) is 15.2 Å². The van der Waals surface area contributed by atoms with Crippen LogP contribution < -0.4 is 0 Å². The van der Waals surface area contributed by atoms with E-state index in [0.29, 0.717) is 23.0 Å². The van der Waals surface area contributed by atoms with E-state index in [1.165, 1.54) is 27.8 Å². The van der Waals surface area contributed by atoms with Gasteiger partial charge in [-0.3, -0.25) is 0 Å². The molecule has 1 aliphatic heterocycles. The zero-order valence-corrected chi connectivity index (χ0v) is 27.5. The van der Waals surface area contributed by atoms with Crippen LogP contribution in [0.2, 0.25) is 0 Å². The number of nitrogens with zero attached hydrogens (tertiary/aromatic N) is 4. The van der Waals surface area contributed by atoms with Crippen molar-refractivity contribution in [3.05, 3.63) is 186 Å². The van der Waals surface area contributed by atoms with Gasteiger partial charge >= 0.3 is 0 Å². The highest BCUT2D eigenvalue weighted by molar-refractivity contribution is 7.99. The molecule has 10 rings (SSSR count). The molecule has 232 valence electrons. The third kappa shape index (κ3) is 4.03. The van der Waals surface area contributed by atoms with Crippen molar-refractivity contribution in [3.63, 3.8) is 0 Å². The predicted octanol–water partition coefficient (Wildman–Crippen LogP) is 10.7. The van der Waals surface area contributed by atoms with Crippen LogP contribution in [0, 0.1) is 11.3 Å². The van der Waals surface area contributed by atoms with E-state index >= 15 is 0 Å². The number of benzene rings is 7. The summed E-state index contributed by atoms with van der Waals surface area (Å²) in [4.78, 5) is 17.6. The van der Waals surface area contributed by atoms with Gasteiger partial charge in [0.25, 0.3) is 0 Å². The van der Waals surface area contributed by atoms with Gasteiger partial charge in [0, 0.05) is 26.5 Å². The van der Waals surface area contributed by atoms with E-state index in [-0.39, 0.29) is 0 Å². The predicted molar refractivity (Wildman–Crippen MR) is 200 cm³/mol. The Balaban J connectivity index is 1.36. The number of nitriles is 1. The third-order valence-electron chi connectivity index (χ3n) is 10.0. The van der Waals surface area contributed by atoms with E-state index in [4.69, 9.17) is 15.0 Å². The van der Waals surface area contributed by atoms with E-state index in [9.17, 15) is 5.26 Å². The van der Waals surface area contributed by atoms with Gasteiger partial charge in [0.05, 0.1) is 11.0 Å². The van der Waals surface area contributed by atoms with Gasteiger partial charge in [-0.1, -0.05) is 151 Å². The number of hydrogen-bond donors (Lipinski definition) is 0. The molecule has 1 spiro atoms. The van der Waals surface area contributed by atoms with E-state index in [2.05, 4.69) is 91.0 Å². The van der Waals surface area contributed by atoms with Crippen LogP contribution in [0.4, 0.5) is 0 Å². The molecule has 0 N–H and O–H groups in total. The molecule has 1 aliphatic carbocycles. The summed E-state index contributed by atoms with van der Waals surface area (Å²) in [6.45, 7) is 0. The first-order valence-electron chi connectivity index (χ1n) is 16.6. The number of rotatable bonds is 3. The highest BCUT2D eigenvalue weighted by Crippen LogP contribution is 2.64. The Bertz CT molecular complexity index is 2640. The fourth-order valence-electron chi connectivity index (χ4n) is 7.98. The SMILES string of the molecule is N#Cc1cccc2c1Sc1ccccc1C21c2ccccc2-c2c1cc(-c1nc(-c3ccccc3)nc(-c3ccccc3)n1)c1ccccc21. The van der Waals surface area contributed by atoms with Crippen LogP contribution in [0.1, 0.15) is 27.8 Å². The molecule has 0 radical (unpaired) electrons. The lowest BCUT2D eigenvalue weighted by Crippen LogP contribution is -2.32. The Kier molecular flexibility index (Phi) is 6.36. The first-order valence-corrected chi connectivity index (χ1v) is 17.4. The monoisotopic (exact) mass is 654 g/mol. The van der Waals surface area contributed by atoms with Gasteiger partial charge < -0.3 is 0 Å². The molecular weight excluding hydrogens is 629 g/mol. The molecule has 50 heavy (non-hydrogen) atoms. The Labute approximate surface area is 293 Å². The first kappa shape index (κ1) is 28.6. The summed E-state index contributed by atoms with van der Waals surface area (Å²) < 4.78 is 0. The normalized spacial score (nSPS) is 15.2. The van der Waals surface area contributed by atoms with Gasteiger partial charge in [-0.2, -0.15) is 5.26 Å². The average molecular weight is 655 g/mol. The molecular formula is C45H26N4S. The van der Waals surface area contributed by atoms with Crippen molar-refractivity contribution in [2.75, 3.05) is 0 Å². The Morgan fingerprint density at radius 2 is 1.06 bits per heavy atom. The molecule has 7 aromatic carbocycles. The minimum atomic E-state index is -0.660. The molecule has 1 atom stereocenters. The molecule has 0 amide bonds. The zero-order valence-electron chi connectivity index (χ0n) is 26.7. The number of aromatic nitrogens is 3. The van der Waals surface area contributed by atoms with Crippen molar-refractivity contribution >= 4 is 22.5 Å². The number of fused-ring (bicyclic) bond motifs is 11. The summed E-state index contributed by atoms with van der Waals surface area (Å²) in [6, 6.07) is 57.3. The van der Waals surface area contributed by atoms with E-state index in [0.717, 1.165) is 42.8 Å². The zero-order chi connectivity index (χ0) is 33.2. The molecule has 0 bridgehead atoms. The molecule has 0 saturated heterocycles. The van der Waals surface area contributed by atoms with Crippen molar-refractivity contribution in [3.8, 4) is 51.4 Å². The Morgan fingerprint density at radius 1 is 0.480 bits per heavy atom. The average Bonchev–Trinajstić information content (AvgIpc) is 3.48. The van der Waals surface area contributed by atoms with E-state index < -0.39 is 5.41 Å². The molecule has 2 aliphatic rings. The van der Waals surface area contributed by atoms with Crippen molar-refractivity contribution < 1.29 is 0 Å². The van der Waals surface area contributed by atoms with Crippen LogP contribution in [-0.2, 0) is 5.41 Å². The van der Waals surface area contributed by atoms with Crippen LogP contribution in [0.5, 0.6) is 0 Å². The summed E-state index contributed by atoms with van der Waals surface area (Å²) in [5.74, 6) is 1.87. The standard InChI is InChI=1S/C45H26N4S/c46-27-30-18-13-24-37-41(30)50-39-25-12-11-23-36(39)45(37)35-22-10-9-21-33(35)40-32-20-8-7-19-31(32)34(26-38(40)45)44-48-42(28-14-3-1-4-15-28)47-43(49-44)29-16-5-2-6-17-29/h1-26H. The minimum Gasteiger partial charge on any atom is -0.208 e. The number of hydrogen-bond acceptors (Lipinski definition) is 5. The summed E-state index contributed by atoms with van der Waals surface area (Å²) in [6.07, 6.45) is 0. The lowest BCUT2D eigenvalue weighted by Gasteiger charge is -2.40. The fraction of sp³-hybridized carbons (Fsp3) is 0.0222. The van der Waals surface area contributed by atoms with Gasteiger partial charge in [0.2, 0.25) is 0 Å². The quantitative estimate of drug-likeness (QED) is 0.190. The first-order chi connectivity index (χ1) is 24.8. The molecule has 2 heterocycles. The van der Waals surface area contributed by atoms with E-state index in [1.807, 2.05) is 72.8 Å². The van der Waals surface area contributed by atoms with Gasteiger partial charge in [-0.15, -0.1) is 0 Å².